The maximum Gasteiger partial charge on any atom is 0 e. The summed E-state index contributed by atoms with van der Waals surface area (Å²) in [5.41, 5.74) is 0.181. The van der Waals surface area contributed by atoms with Crippen molar-refractivity contribution in [2.45, 2.75) is 12.5 Å². The molecule has 0 saturated carbocycles. The van der Waals surface area contributed by atoms with Crippen LogP contribution in [0.15, 0.2) is 39.6 Å². The molecule has 1 heterocycles. The summed E-state index contributed by atoms with van der Waals surface area (Å²) in [5.74, 6) is 0.973. The van der Waals surface area contributed by atoms with Gasteiger partial charge in [0, 0.05) is 24.5 Å². The van der Waals surface area contributed by atoms with Gasteiger partial charge in [-0.05, 0) is 32.9 Å². The molecule has 1 aliphatic rings. The van der Waals surface area contributed by atoms with E-state index < -0.39 is 5.60 Å². The monoisotopic (exact) mass is 540 g/mol. The minimum Gasteiger partial charge on any atom is 0 e. The summed E-state index contributed by atoms with van der Waals surface area (Å²) < 4.78 is 45.1. The summed E-state index contributed by atoms with van der Waals surface area (Å²) in [4.78, 5) is 0. The van der Waals surface area contributed by atoms with Gasteiger partial charge in [0.05, 0.1) is 9.27 Å². The molecule has 1 atom stereocenters. The molecule has 1 unspecified atom stereocenters. The Morgan fingerprint density at radius 3 is 1.77 bits per heavy atom. The Kier molecular flexibility index (Phi) is 38.1. The van der Waals surface area contributed by atoms with E-state index >= 15 is 0 Å². The van der Waals surface area contributed by atoms with Crippen LogP contribution < -0.4 is 0 Å². The Morgan fingerprint density at radius 1 is 0.967 bits per heavy atom. The maximum absolute atomic E-state index is 7.50. The van der Waals surface area contributed by atoms with E-state index in [0.717, 1.165) is 19.8 Å². The van der Waals surface area contributed by atoms with E-state index in [0.29, 0.717) is 5.03 Å². The Balaban J connectivity index is -0.000000166. The fraction of sp³-hybridized carbons (Fsp3) is 0.222. The molecule has 30 heavy (non-hydrogen) atoms. The molecule has 6 nitrogen and oxygen atoms in total. The van der Waals surface area contributed by atoms with Crippen LogP contribution in [0.5, 0.6) is 0 Å². The molecule has 2 rings (SSSR count). The van der Waals surface area contributed by atoms with Crippen LogP contribution in [0.2, 0.25) is 0 Å². The first-order chi connectivity index (χ1) is 14.2. The molecule has 0 radical (unpaired) electrons. The number of rotatable bonds is 4. The third kappa shape index (κ3) is 11.8. The molecule has 12 heteroatoms. The average molecular weight is 541 g/mol. The molecule has 0 aliphatic carbocycles. The van der Waals surface area contributed by atoms with Gasteiger partial charge in [-0.2, -0.15) is 0 Å². The van der Waals surface area contributed by atoms with Crippen molar-refractivity contribution in [2.75, 3.05) is 12.9 Å². The van der Waals surface area contributed by atoms with E-state index in [1.54, 1.807) is 40.5 Å². The van der Waals surface area contributed by atoms with Crippen molar-refractivity contribution in [2.24, 2.45) is 0 Å². The van der Waals surface area contributed by atoms with Crippen LogP contribution in [0.3, 0.4) is 0 Å². The maximum atomic E-state index is 7.50. The molecule has 1 aromatic rings. The molecule has 0 amide bonds. The molecule has 0 saturated heterocycles. The van der Waals surface area contributed by atoms with Crippen LogP contribution in [0.25, 0.3) is 0 Å². The summed E-state index contributed by atoms with van der Waals surface area (Å²) >= 11 is 13.9. The fourth-order valence-corrected chi connectivity index (χ4v) is 6.91. The van der Waals surface area contributed by atoms with Crippen molar-refractivity contribution in [3.8, 4) is 0 Å². The molecule has 0 spiro atoms. The molecule has 1 aliphatic heterocycles. The van der Waals surface area contributed by atoms with Gasteiger partial charge in [0.2, 0.25) is 0 Å². The number of benzene rings is 1. The van der Waals surface area contributed by atoms with Gasteiger partial charge < -0.3 is 4.74 Å². The second-order valence-corrected chi connectivity index (χ2v) is 8.47. The molecule has 0 N–H and O–H groups in total. The van der Waals surface area contributed by atoms with Gasteiger partial charge in [0.1, 0.15) is 4.20 Å². The zero-order chi connectivity index (χ0) is 23.9. The first-order valence-electron chi connectivity index (χ1n) is 6.71. The normalized spacial score (nSPS) is 15.4. The third-order valence-corrected chi connectivity index (χ3v) is 8.07. The number of hydrogen-bond donors (Lipinski definition) is 0. The zero-order valence-corrected chi connectivity index (χ0v) is 20.8. The summed E-state index contributed by atoms with van der Waals surface area (Å²) in [6.45, 7) is 24.6. The summed E-state index contributed by atoms with van der Waals surface area (Å²) in [7, 11) is 4.84. The van der Waals surface area contributed by atoms with Crippen molar-refractivity contribution < 1.29 is 45.4 Å². The zero-order valence-electron chi connectivity index (χ0n) is 15.5. The molecule has 1 aromatic carbocycles. The van der Waals surface area contributed by atoms with Crippen molar-refractivity contribution >= 4 is 61.4 Å². The van der Waals surface area contributed by atoms with Crippen LogP contribution in [-0.2, 0) is 51.0 Å². The Morgan fingerprint density at radius 2 is 1.40 bits per heavy atom. The Hall–Kier alpha value is -0.418. The molecule has 0 fully saturated rings. The average Bonchev–Trinajstić information content (AvgIpc) is 2.84. The minimum atomic E-state index is -0.800. The molecular weight excluding hydrogens is 528 g/mol. The quantitative estimate of drug-likeness (QED) is 0.225. The van der Waals surface area contributed by atoms with E-state index in [1.807, 2.05) is 30.3 Å². The summed E-state index contributed by atoms with van der Waals surface area (Å²) in [5, 5.41) is 0.682. The second-order valence-electron chi connectivity index (χ2n) is 3.74. The van der Waals surface area contributed by atoms with E-state index in [9.17, 15) is 0 Å². The predicted molar refractivity (Wildman–Crippen MR) is 114 cm³/mol. The summed E-state index contributed by atoms with van der Waals surface area (Å²) in [6, 6.07) is 9.93. The van der Waals surface area contributed by atoms with Crippen molar-refractivity contribution in [1.29, 1.82) is 0 Å². The van der Waals surface area contributed by atoms with Gasteiger partial charge >= 0.3 is 56.5 Å². The van der Waals surface area contributed by atoms with Crippen LogP contribution in [0.4, 0.5) is 0 Å². The molecular formula is C18H13ClCrO6S4. The van der Waals surface area contributed by atoms with Crippen LogP contribution >= 0.6 is 57.2 Å². The topological polar surface area (TPSA) is 109 Å². The van der Waals surface area contributed by atoms with Gasteiger partial charge in [0.25, 0.3) is 0 Å². The fourth-order valence-electron chi connectivity index (χ4n) is 1.83. The first kappa shape index (κ1) is 40.0. The number of ether oxygens (including phenoxy) is 1. The smallest absolute Gasteiger partial charge is 0 e. The van der Waals surface area contributed by atoms with Crippen molar-refractivity contribution in [3.63, 3.8) is 0 Å². The molecule has 0 aromatic heterocycles. The largest absolute Gasteiger partial charge is 0 e. The number of thiocarbonyl (C=S) groups is 1. The summed E-state index contributed by atoms with van der Waals surface area (Å²) in [6.07, 6.45) is 0. The van der Waals surface area contributed by atoms with Gasteiger partial charge in [0.15, 0.2) is 5.60 Å². The molecule has 0 bridgehead atoms. The number of thioether (sulfide) groups is 1. The van der Waals surface area contributed by atoms with E-state index in [-0.39, 0.29) is 17.4 Å². The first-order valence-corrected chi connectivity index (χ1v) is 10.6. The molecule has 158 valence electrons. The van der Waals surface area contributed by atoms with Crippen molar-refractivity contribution in [1.82, 2.24) is 0 Å². The SMILES string of the molecule is CCSC1=C(Cl)C(OC)(c2ccccc2)C(=S)SS1.[C-]#[O+].[C-]#[O+].[C-]#[O+].[C-]#[O+].[C-]#[O+].[Cr]. The van der Waals surface area contributed by atoms with Gasteiger partial charge in [-0.1, -0.05) is 61.1 Å². The van der Waals surface area contributed by atoms with Gasteiger partial charge in [-0.15, -0.1) is 11.8 Å². The number of methoxy groups -OCH3 is 1. The Labute approximate surface area is 209 Å². The van der Waals surface area contributed by atoms with Gasteiger partial charge in [-0.25, -0.2) is 0 Å². The van der Waals surface area contributed by atoms with E-state index in [4.69, 9.17) is 51.8 Å². The van der Waals surface area contributed by atoms with Crippen LogP contribution in [0, 0.1) is 33.3 Å². The minimum absolute atomic E-state index is 0. The van der Waals surface area contributed by atoms with E-state index in [2.05, 4.69) is 40.2 Å². The number of hydrogen-bond acceptors (Lipinski definition) is 5. The van der Waals surface area contributed by atoms with Crippen LogP contribution in [-0.4, -0.2) is 17.1 Å². The Bertz CT molecular complexity index is 684. The second kappa shape index (κ2) is 28.6. The predicted octanol–water partition coefficient (Wildman–Crippen LogP) is 5.22. The van der Waals surface area contributed by atoms with Crippen LogP contribution in [0.1, 0.15) is 12.5 Å². The standard InChI is InChI=1S/C13H13ClOS4.5CO.Cr/c1-3-17-11-10(14)13(15-2,12(16)19-18-11)9-7-5-4-6-8-9;5*1-2;/h4-8H,3H2,1-2H3;;;;;;. The number of halogens is 1. The van der Waals surface area contributed by atoms with Gasteiger partial charge in [-0.3, -0.25) is 0 Å². The van der Waals surface area contributed by atoms with E-state index in [1.165, 1.54) is 0 Å². The third-order valence-electron chi connectivity index (χ3n) is 2.73. The van der Waals surface area contributed by atoms with Crippen molar-refractivity contribution in [3.05, 3.63) is 78.4 Å².